The Hall–Kier alpha value is -3.16. The van der Waals surface area contributed by atoms with E-state index in [0.29, 0.717) is 38.4 Å². The molecule has 29 heavy (non-hydrogen) atoms. The maximum atomic E-state index is 12.5. The van der Waals surface area contributed by atoms with Crippen molar-refractivity contribution in [3.8, 4) is 0 Å². The number of hydrogen-bond donors (Lipinski definition) is 2. The molecule has 0 radical (unpaired) electrons. The molecule has 1 aliphatic rings. The molecule has 154 valence electrons. The molecule has 8 nitrogen and oxygen atoms in total. The lowest BCUT2D eigenvalue weighted by Crippen LogP contribution is -2.46. The number of amides is 2. The number of nitrogens with one attached hydrogen (secondary N) is 2. The number of aromatic nitrogens is 2. The van der Waals surface area contributed by atoms with Crippen LogP contribution in [0, 0.1) is 13.8 Å². The van der Waals surface area contributed by atoms with E-state index in [1.807, 2.05) is 19.1 Å². The molecule has 2 heterocycles. The summed E-state index contributed by atoms with van der Waals surface area (Å²) in [5.74, 6) is 0.323. The Morgan fingerprint density at radius 3 is 2.59 bits per heavy atom. The van der Waals surface area contributed by atoms with Crippen molar-refractivity contribution < 1.29 is 14.3 Å². The largest absolute Gasteiger partial charge is 0.450 e. The average molecular weight is 397 g/mol. The smallest absolute Gasteiger partial charge is 0.409 e. The Labute approximate surface area is 170 Å². The highest BCUT2D eigenvalue weighted by Crippen LogP contribution is 2.21. The monoisotopic (exact) mass is 397 g/mol. The third-order valence-corrected chi connectivity index (χ3v) is 5.11. The second kappa shape index (κ2) is 9.36. The Bertz CT molecular complexity index is 861. The first kappa shape index (κ1) is 20.6. The number of aryl methyl sites for hydroxylation is 1. The van der Waals surface area contributed by atoms with Gasteiger partial charge in [0.15, 0.2) is 0 Å². The van der Waals surface area contributed by atoms with Crippen LogP contribution in [0.4, 0.5) is 16.3 Å². The zero-order valence-electron chi connectivity index (χ0n) is 17.1. The van der Waals surface area contributed by atoms with Crippen molar-refractivity contribution in [2.75, 3.05) is 25.0 Å². The van der Waals surface area contributed by atoms with E-state index in [2.05, 4.69) is 33.6 Å². The summed E-state index contributed by atoms with van der Waals surface area (Å²) < 4.78 is 5.01. The van der Waals surface area contributed by atoms with Gasteiger partial charge in [0, 0.05) is 24.8 Å². The van der Waals surface area contributed by atoms with Crippen molar-refractivity contribution in [3.05, 3.63) is 47.4 Å². The predicted octanol–water partition coefficient (Wildman–Crippen LogP) is 3.19. The maximum Gasteiger partial charge on any atom is 0.409 e. The molecule has 8 heteroatoms. The molecule has 0 bridgehead atoms. The van der Waals surface area contributed by atoms with Crippen molar-refractivity contribution >= 4 is 23.5 Å². The van der Waals surface area contributed by atoms with E-state index >= 15 is 0 Å². The number of carbonyl (C=O) groups excluding carboxylic acids is 2. The molecule has 2 amide bonds. The minimum absolute atomic E-state index is 0.00252. The van der Waals surface area contributed by atoms with Crippen molar-refractivity contribution in [2.24, 2.45) is 0 Å². The minimum atomic E-state index is -0.296. The van der Waals surface area contributed by atoms with Gasteiger partial charge in [-0.05, 0) is 50.8 Å². The fraction of sp³-hybridized carbons (Fsp3) is 0.429. The van der Waals surface area contributed by atoms with Gasteiger partial charge in [0.25, 0.3) is 5.91 Å². The summed E-state index contributed by atoms with van der Waals surface area (Å²) in [6.07, 6.45) is 4.10. The average Bonchev–Trinajstić information content (AvgIpc) is 2.72. The third kappa shape index (κ3) is 5.22. The molecule has 2 N–H and O–H groups in total. The molecule has 0 atom stereocenters. The standard InChI is InChI=1S/C21H27N5O3/c1-4-29-21(28)26-10-8-16(9-11-26)24-20(27)18-12-23-19(13-22-18)25-17-7-5-6-14(2)15(17)3/h5-7,12-13,16H,4,8-11H2,1-3H3,(H,23,25)(H,24,27). The van der Waals surface area contributed by atoms with Crippen molar-refractivity contribution in [1.29, 1.82) is 0 Å². The molecule has 0 spiro atoms. The van der Waals surface area contributed by atoms with E-state index in [4.69, 9.17) is 4.74 Å². The van der Waals surface area contributed by atoms with Crippen molar-refractivity contribution in [3.63, 3.8) is 0 Å². The van der Waals surface area contributed by atoms with E-state index < -0.39 is 0 Å². The zero-order chi connectivity index (χ0) is 20.8. The fourth-order valence-electron chi connectivity index (χ4n) is 3.21. The van der Waals surface area contributed by atoms with Gasteiger partial charge < -0.3 is 20.3 Å². The molecule has 0 saturated carbocycles. The second-order valence-corrected chi connectivity index (χ2v) is 7.09. The minimum Gasteiger partial charge on any atom is -0.450 e. The molecule has 1 aromatic carbocycles. The van der Waals surface area contributed by atoms with Crippen LogP contribution in [0.1, 0.15) is 41.4 Å². The van der Waals surface area contributed by atoms with E-state index in [1.54, 1.807) is 18.0 Å². The number of ether oxygens (including phenoxy) is 1. The fourth-order valence-corrected chi connectivity index (χ4v) is 3.21. The van der Waals surface area contributed by atoms with Crippen LogP contribution >= 0.6 is 0 Å². The molecule has 0 aliphatic carbocycles. The summed E-state index contributed by atoms with van der Waals surface area (Å²) in [6.45, 7) is 7.37. The van der Waals surface area contributed by atoms with Gasteiger partial charge in [-0.2, -0.15) is 0 Å². The second-order valence-electron chi connectivity index (χ2n) is 7.09. The Kier molecular flexibility index (Phi) is 6.64. The van der Waals surface area contributed by atoms with Gasteiger partial charge in [0.1, 0.15) is 11.5 Å². The Morgan fingerprint density at radius 2 is 1.93 bits per heavy atom. The molecule has 0 unspecified atom stereocenters. The van der Waals surface area contributed by atoms with Gasteiger partial charge >= 0.3 is 6.09 Å². The normalized spacial score (nSPS) is 14.4. The first-order valence-electron chi connectivity index (χ1n) is 9.85. The number of likely N-dealkylation sites (tertiary alicyclic amines) is 1. The number of piperidine rings is 1. The summed E-state index contributed by atoms with van der Waals surface area (Å²) in [4.78, 5) is 34.4. The quantitative estimate of drug-likeness (QED) is 0.804. The van der Waals surface area contributed by atoms with Crippen LogP contribution in [0.3, 0.4) is 0 Å². The Balaban J connectivity index is 1.53. The van der Waals surface area contributed by atoms with E-state index in [1.165, 1.54) is 11.8 Å². The van der Waals surface area contributed by atoms with Crippen LogP contribution in [-0.4, -0.2) is 52.6 Å². The van der Waals surface area contributed by atoms with Gasteiger partial charge in [-0.25, -0.2) is 14.8 Å². The van der Waals surface area contributed by atoms with E-state index in [-0.39, 0.29) is 23.7 Å². The van der Waals surface area contributed by atoms with Crippen molar-refractivity contribution in [2.45, 2.75) is 39.7 Å². The predicted molar refractivity (Wildman–Crippen MR) is 110 cm³/mol. The van der Waals surface area contributed by atoms with Gasteiger partial charge in [-0.1, -0.05) is 12.1 Å². The molecule has 1 fully saturated rings. The topological polar surface area (TPSA) is 96.5 Å². The molecular formula is C21H27N5O3. The van der Waals surface area contributed by atoms with Gasteiger partial charge in [-0.3, -0.25) is 4.79 Å². The van der Waals surface area contributed by atoms with Gasteiger partial charge in [0.2, 0.25) is 0 Å². The SMILES string of the molecule is CCOC(=O)N1CCC(NC(=O)c2cnc(Nc3cccc(C)c3C)cn2)CC1. The van der Waals surface area contributed by atoms with Crippen LogP contribution in [0.5, 0.6) is 0 Å². The number of carbonyl (C=O) groups is 2. The highest BCUT2D eigenvalue weighted by atomic mass is 16.6. The molecule has 1 saturated heterocycles. The van der Waals surface area contributed by atoms with Gasteiger partial charge in [-0.15, -0.1) is 0 Å². The summed E-state index contributed by atoms with van der Waals surface area (Å²) in [5.41, 5.74) is 3.56. The third-order valence-electron chi connectivity index (χ3n) is 5.11. The molecular weight excluding hydrogens is 370 g/mol. The van der Waals surface area contributed by atoms with Crippen LogP contribution in [0.25, 0.3) is 0 Å². The zero-order valence-corrected chi connectivity index (χ0v) is 17.1. The maximum absolute atomic E-state index is 12.5. The number of nitrogens with zero attached hydrogens (tertiary/aromatic N) is 3. The highest BCUT2D eigenvalue weighted by molar-refractivity contribution is 5.92. The molecule has 2 aromatic rings. The lowest BCUT2D eigenvalue weighted by Gasteiger charge is -2.31. The molecule has 1 aromatic heterocycles. The first-order chi connectivity index (χ1) is 14.0. The van der Waals surface area contributed by atoms with Gasteiger partial charge in [0.05, 0.1) is 19.0 Å². The number of hydrogen-bond acceptors (Lipinski definition) is 6. The summed E-state index contributed by atoms with van der Waals surface area (Å²) >= 11 is 0. The number of benzene rings is 1. The van der Waals surface area contributed by atoms with Crippen LogP contribution in [0.2, 0.25) is 0 Å². The van der Waals surface area contributed by atoms with Crippen molar-refractivity contribution in [1.82, 2.24) is 20.2 Å². The lowest BCUT2D eigenvalue weighted by molar-refractivity contribution is 0.0856. The summed E-state index contributed by atoms with van der Waals surface area (Å²) in [6, 6.07) is 6.01. The van der Waals surface area contributed by atoms with Crippen LogP contribution in [0.15, 0.2) is 30.6 Å². The number of anilines is 2. The van der Waals surface area contributed by atoms with Crippen LogP contribution < -0.4 is 10.6 Å². The van der Waals surface area contributed by atoms with E-state index in [0.717, 1.165) is 11.3 Å². The Morgan fingerprint density at radius 1 is 1.17 bits per heavy atom. The summed E-state index contributed by atoms with van der Waals surface area (Å²) in [7, 11) is 0. The molecule has 1 aliphatic heterocycles. The molecule has 3 rings (SSSR count). The number of rotatable bonds is 5. The lowest BCUT2D eigenvalue weighted by atomic mass is 10.1. The first-order valence-corrected chi connectivity index (χ1v) is 9.85. The van der Waals surface area contributed by atoms with E-state index in [9.17, 15) is 9.59 Å². The highest BCUT2D eigenvalue weighted by Gasteiger charge is 2.25. The summed E-state index contributed by atoms with van der Waals surface area (Å²) in [5, 5.41) is 6.20. The van der Waals surface area contributed by atoms with Crippen LogP contribution in [-0.2, 0) is 4.74 Å².